The highest BCUT2D eigenvalue weighted by atomic mass is 32.1. The summed E-state index contributed by atoms with van der Waals surface area (Å²) in [6.07, 6.45) is 3.34. The molecule has 1 aliphatic carbocycles. The predicted octanol–water partition coefficient (Wildman–Crippen LogP) is 1.61. The Bertz CT molecular complexity index is 742. The van der Waals surface area contributed by atoms with Crippen molar-refractivity contribution in [3.8, 4) is 0 Å². The highest BCUT2D eigenvalue weighted by molar-refractivity contribution is 7.18. The zero-order valence-electron chi connectivity index (χ0n) is 13.0. The van der Waals surface area contributed by atoms with Gasteiger partial charge in [0.1, 0.15) is 10.7 Å². The van der Waals surface area contributed by atoms with E-state index in [2.05, 4.69) is 21.7 Å². The van der Waals surface area contributed by atoms with Crippen molar-refractivity contribution < 1.29 is 0 Å². The van der Waals surface area contributed by atoms with Crippen LogP contribution in [0.2, 0.25) is 0 Å². The van der Waals surface area contributed by atoms with Gasteiger partial charge in [-0.05, 0) is 31.4 Å². The van der Waals surface area contributed by atoms with Crippen molar-refractivity contribution >= 4 is 21.6 Å². The topological polar surface area (TPSA) is 52.2 Å². The maximum absolute atomic E-state index is 12.4. The minimum absolute atomic E-state index is 0.0617. The van der Waals surface area contributed by atoms with Crippen molar-refractivity contribution in [3.05, 3.63) is 26.6 Å². The molecule has 2 aromatic rings. The molecule has 1 fully saturated rings. The Kier molecular flexibility index (Phi) is 3.76. The highest BCUT2D eigenvalue weighted by Crippen LogP contribution is 2.34. The fraction of sp³-hybridized carbons (Fsp3) is 0.625. The third-order valence-corrected chi connectivity index (χ3v) is 6.10. The Morgan fingerprint density at radius 2 is 1.95 bits per heavy atom. The third kappa shape index (κ3) is 2.49. The lowest BCUT2D eigenvalue weighted by atomic mass is 10.2. The van der Waals surface area contributed by atoms with Crippen LogP contribution in [0.3, 0.4) is 0 Å². The van der Waals surface area contributed by atoms with E-state index in [4.69, 9.17) is 4.98 Å². The molecule has 3 heterocycles. The number of hydrogen-bond acceptors (Lipinski definition) is 5. The van der Waals surface area contributed by atoms with E-state index in [0.717, 1.165) is 68.2 Å². The number of nitrogens with one attached hydrogen (secondary N) is 1. The van der Waals surface area contributed by atoms with Gasteiger partial charge in [-0.15, -0.1) is 11.3 Å². The first-order valence-electron chi connectivity index (χ1n) is 8.22. The van der Waals surface area contributed by atoms with E-state index >= 15 is 0 Å². The number of hydrogen-bond donors (Lipinski definition) is 1. The molecule has 2 aliphatic rings. The number of thiophene rings is 1. The molecule has 118 valence electrons. The molecule has 0 spiro atoms. The van der Waals surface area contributed by atoms with E-state index in [1.807, 2.05) is 0 Å². The molecule has 5 nitrogen and oxygen atoms in total. The summed E-state index contributed by atoms with van der Waals surface area (Å²) in [7, 11) is 0. The van der Waals surface area contributed by atoms with Crippen molar-refractivity contribution in [1.82, 2.24) is 19.8 Å². The molecule has 0 aromatic carbocycles. The number of likely N-dealkylation sites (N-methyl/N-ethyl adjacent to an activating group) is 1. The van der Waals surface area contributed by atoms with Crippen LogP contribution in [0.15, 0.2) is 4.79 Å². The van der Waals surface area contributed by atoms with E-state index in [-0.39, 0.29) is 5.56 Å². The van der Waals surface area contributed by atoms with Gasteiger partial charge < -0.3 is 9.88 Å². The smallest absolute Gasteiger partial charge is 0.259 e. The Hall–Kier alpha value is -1.24. The largest absolute Gasteiger partial charge is 0.309 e. The first kappa shape index (κ1) is 14.4. The minimum Gasteiger partial charge on any atom is -0.309 e. The summed E-state index contributed by atoms with van der Waals surface area (Å²) in [6.45, 7) is 8.40. The molecular formula is C16H22N4OS. The van der Waals surface area contributed by atoms with E-state index in [9.17, 15) is 4.79 Å². The van der Waals surface area contributed by atoms with Gasteiger partial charge in [0, 0.05) is 31.1 Å². The summed E-state index contributed by atoms with van der Waals surface area (Å²) in [4.78, 5) is 27.4. The van der Waals surface area contributed by atoms with Gasteiger partial charge in [-0.2, -0.15) is 0 Å². The van der Waals surface area contributed by atoms with Crippen LogP contribution in [-0.4, -0.2) is 52.5 Å². The van der Waals surface area contributed by atoms with Crippen molar-refractivity contribution in [2.45, 2.75) is 32.7 Å². The standard InChI is InChI=1S/C16H22N4OS/c1-2-19-6-8-20(9-7-19)10-13-17-15(21)14-11-4-3-5-12(11)22-16(14)18-13/h2-10H2,1H3,(H,17,18,21). The van der Waals surface area contributed by atoms with Crippen LogP contribution >= 0.6 is 11.3 Å². The van der Waals surface area contributed by atoms with Crippen molar-refractivity contribution in [2.75, 3.05) is 32.7 Å². The second-order valence-electron chi connectivity index (χ2n) is 6.26. The van der Waals surface area contributed by atoms with E-state index in [1.165, 1.54) is 16.9 Å². The first-order valence-corrected chi connectivity index (χ1v) is 9.04. The fourth-order valence-corrected chi connectivity index (χ4v) is 4.88. The fourth-order valence-electron chi connectivity index (χ4n) is 3.60. The SMILES string of the molecule is CCN1CCN(Cc2nc3sc4c(c3c(=O)[nH]2)CCC4)CC1. The second kappa shape index (κ2) is 5.76. The first-order chi connectivity index (χ1) is 10.7. The van der Waals surface area contributed by atoms with Crippen LogP contribution in [-0.2, 0) is 19.4 Å². The summed E-state index contributed by atoms with van der Waals surface area (Å²) >= 11 is 1.72. The highest BCUT2D eigenvalue weighted by Gasteiger charge is 2.22. The molecule has 0 unspecified atom stereocenters. The molecular weight excluding hydrogens is 296 g/mol. The Balaban J connectivity index is 1.57. The summed E-state index contributed by atoms with van der Waals surface area (Å²) in [5, 5.41) is 0.858. The van der Waals surface area contributed by atoms with Crippen LogP contribution in [0.5, 0.6) is 0 Å². The number of aryl methyl sites for hydroxylation is 2. The number of aromatic amines is 1. The minimum atomic E-state index is 0.0617. The van der Waals surface area contributed by atoms with Gasteiger partial charge in [-0.3, -0.25) is 9.69 Å². The Morgan fingerprint density at radius 1 is 1.18 bits per heavy atom. The number of aromatic nitrogens is 2. The molecule has 4 rings (SSSR count). The molecule has 22 heavy (non-hydrogen) atoms. The van der Waals surface area contributed by atoms with Crippen LogP contribution in [0.4, 0.5) is 0 Å². The zero-order valence-corrected chi connectivity index (χ0v) is 13.8. The number of fused-ring (bicyclic) bond motifs is 3. The molecule has 0 atom stereocenters. The molecule has 1 N–H and O–H groups in total. The van der Waals surface area contributed by atoms with E-state index in [1.54, 1.807) is 11.3 Å². The third-order valence-electron chi connectivity index (χ3n) is 4.91. The lowest BCUT2D eigenvalue weighted by Gasteiger charge is -2.33. The lowest BCUT2D eigenvalue weighted by molar-refractivity contribution is 0.129. The van der Waals surface area contributed by atoms with Gasteiger partial charge in [-0.25, -0.2) is 4.98 Å². The van der Waals surface area contributed by atoms with Crippen LogP contribution < -0.4 is 5.56 Å². The molecule has 1 saturated heterocycles. The van der Waals surface area contributed by atoms with E-state index < -0.39 is 0 Å². The van der Waals surface area contributed by atoms with Gasteiger partial charge in [0.2, 0.25) is 0 Å². The van der Waals surface area contributed by atoms with Gasteiger partial charge >= 0.3 is 0 Å². The molecule has 0 amide bonds. The van der Waals surface area contributed by atoms with Crippen LogP contribution in [0.1, 0.15) is 29.6 Å². The van der Waals surface area contributed by atoms with Gasteiger partial charge in [0.15, 0.2) is 0 Å². The van der Waals surface area contributed by atoms with Crippen molar-refractivity contribution in [2.24, 2.45) is 0 Å². The van der Waals surface area contributed by atoms with Gasteiger partial charge in [-0.1, -0.05) is 6.92 Å². The Labute approximate surface area is 134 Å². The van der Waals surface area contributed by atoms with Gasteiger partial charge in [0.25, 0.3) is 5.56 Å². The van der Waals surface area contributed by atoms with Crippen molar-refractivity contribution in [3.63, 3.8) is 0 Å². The second-order valence-corrected chi connectivity index (χ2v) is 7.34. The summed E-state index contributed by atoms with van der Waals surface area (Å²) in [5.74, 6) is 0.822. The molecule has 2 aromatic heterocycles. The van der Waals surface area contributed by atoms with Crippen molar-refractivity contribution in [1.29, 1.82) is 0 Å². The average molecular weight is 318 g/mol. The maximum Gasteiger partial charge on any atom is 0.259 e. The van der Waals surface area contributed by atoms with E-state index in [0.29, 0.717) is 0 Å². The van der Waals surface area contributed by atoms with Crippen LogP contribution in [0.25, 0.3) is 10.2 Å². The zero-order chi connectivity index (χ0) is 15.1. The predicted molar refractivity (Wildman–Crippen MR) is 89.7 cm³/mol. The van der Waals surface area contributed by atoms with Crippen LogP contribution in [0, 0.1) is 0 Å². The summed E-state index contributed by atoms with van der Waals surface area (Å²) < 4.78 is 0. The maximum atomic E-state index is 12.4. The average Bonchev–Trinajstić information content (AvgIpc) is 3.08. The number of H-pyrrole nitrogens is 1. The Morgan fingerprint density at radius 3 is 2.73 bits per heavy atom. The quantitative estimate of drug-likeness (QED) is 0.934. The molecule has 0 saturated carbocycles. The molecule has 0 bridgehead atoms. The molecule has 0 radical (unpaired) electrons. The van der Waals surface area contributed by atoms with Gasteiger partial charge in [0.05, 0.1) is 11.9 Å². The number of nitrogens with zero attached hydrogens (tertiary/aromatic N) is 3. The summed E-state index contributed by atoms with van der Waals surface area (Å²) in [5.41, 5.74) is 1.32. The lowest BCUT2D eigenvalue weighted by Crippen LogP contribution is -2.45. The number of piperazine rings is 1. The normalized spacial score (nSPS) is 19.9. The summed E-state index contributed by atoms with van der Waals surface area (Å²) in [6, 6.07) is 0. The molecule has 6 heteroatoms. The molecule has 1 aliphatic heterocycles. The number of rotatable bonds is 3. The monoisotopic (exact) mass is 318 g/mol.